The molecule has 0 radical (unpaired) electrons. The molecule has 1 aromatic rings. The van der Waals surface area contributed by atoms with Crippen LogP contribution in [0.3, 0.4) is 0 Å². The summed E-state index contributed by atoms with van der Waals surface area (Å²) in [5.41, 5.74) is 0.439. The van der Waals surface area contributed by atoms with Crippen molar-refractivity contribution in [1.82, 2.24) is 15.1 Å². The summed E-state index contributed by atoms with van der Waals surface area (Å²) in [4.78, 5) is 23.4. The summed E-state index contributed by atoms with van der Waals surface area (Å²) in [6.07, 6.45) is 0.193. The van der Waals surface area contributed by atoms with Gasteiger partial charge in [0, 0.05) is 13.1 Å². The van der Waals surface area contributed by atoms with Crippen LogP contribution < -0.4 is 10.6 Å². The minimum absolute atomic E-state index is 0.119. The van der Waals surface area contributed by atoms with Crippen molar-refractivity contribution < 1.29 is 14.3 Å². The van der Waals surface area contributed by atoms with Crippen LogP contribution in [0.2, 0.25) is 0 Å². The molecule has 7 heteroatoms. The number of ether oxygens (including phenoxy) is 1. The highest BCUT2D eigenvalue weighted by Gasteiger charge is 2.18. The minimum atomic E-state index is -0.619. The smallest absolute Gasteiger partial charge is 0.408 e. The zero-order valence-electron chi connectivity index (χ0n) is 15.1. The van der Waals surface area contributed by atoms with Gasteiger partial charge in [-0.25, -0.2) is 4.79 Å². The van der Waals surface area contributed by atoms with Gasteiger partial charge in [-0.15, -0.1) is 0 Å². The number of nitrogens with one attached hydrogen (secondary N) is 2. The lowest BCUT2D eigenvalue weighted by molar-refractivity contribution is -0.115. The lowest BCUT2D eigenvalue weighted by atomic mass is 9.91. The lowest BCUT2D eigenvalue weighted by Gasteiger charge is -2.19. The monoisotopic (exact) mass is 324 g/mol. The second-order valence-electron chi connectivity index (χ2n) is 7.79. The highest BCUT2D eigenvalue weighted by molar-refractivity contribution is 5.93. The van der Waals surface area contributed by atoms with E-state index in [4.69, 9.17) is 4.74 Å². The van der Waals surface area contributed by atoms with Gasteiger partial charge in [-0.1, -0.05) is 20.8 Å². The van der Waals surface area contributed by atoms with Crippen molar-refractivity contribution in [3.05, 3.63) is 11.8 Å². The number of alkyl carbamates (subject to hydrolysis) is 1. The predicted molar refractivity (Wildman–Crippen MR) is 89.2 cm³/mol. The van der Waals surface area contributed by atoms with Crippen LogP contribution in [0.5, 0.6) is 0 Å². The van der Waals surface area contributed by atoms with Crippen LogP contribution >= 0.6 is 0 Å². The van der Waals surface area contributed by atoms with Gasteiger partial charge in [-0.3, -0.25) is 9.48 Å². The molecule has 0 aliphatic carbocycles. The summed E-state index contributed by atoms with van der Waals surface area (Å²) in [6.45, 7) is 11.5. The third kappa shape index (κ3) is 7.67. The Balaban J connectivity index is 2.53. The molecule has 0 spiro atoms. The number of nitrogens with zero attached hydrogens (tertiary/aromatic N) is 2. The average Bonchev–Trinajstić information content (AvgIpc) is 2.62. The fourth-order valence-corrected chi connectivity index (χ4v) is 1.93. The summed E-state index contributed by atoms with van der Waals surface area (Å²) in [7, 11) is 1.77. The molecule has 0 fully saturated rings. The van der Waals surface area contributed by atoms with Gasteiger partial charge in [0.1, 0.15) is 18.0 Å². The number of aromatic nitrogens is 2. The fourth-order valence-electron chi connectivity index (χ4n) is 1.93. The normalized spacial score (nSPS) is 12.0. The van der Waals surface area contributed by atoms with Crippen molar-refractivity contribution >= 4 is 17.8 Å². The van der Waals surface area contributed by atoms with Crippen molar-refractivity contribution in [2.75, 3.05) is 11.9 Å². The molecule has 0 aliphatic rings. The van der Waals surface area contributed by atoms with Crippen LogP contribution in [-0.2, 0) is 23.0 Å². The Morgan fingerprint density at radius 1 is 1.22 bits per heavy atom. The molecule has 7 nitrogen and oxygen atoms in total. The largest absolute Gasteiger partial charge is 0.444 e. The van der Waals surface area contributed by atoms with E-state index >= 15 is 0 Å². The molecule has 1 aromatic heterocycles. The van der Waals surface area contributed by atoms with Crippen molar-refractivity contribution in [1.29, 1.82) is 0 Å². The maximum atomic E-state index is 11.9. The maximum absolute atomic E-state index is 11.9. The molecular formula is C16H28N4O3. The molecule has 0 atom stereocenters. The number of hydrogen-bond acceptors (Lipinski definition) is 4. The Kier molecular flexibility index (Phi) is 5.80. The number of carbonyl (C=O) groups is 2. The second-order valence-corrected chi connectivity index (χ2v) is 7.79. The third-order valence-corrected chi connectivity index (χ3v) is 2.70. The van der Waals surface area contributed by atoms with Crippen molar-refractivity contribution in [3.63, 3.8) is 0 Å². The fraction of sp³-hybridized carbons (Fsp3) is 0.688. The zero-order valence-corrected chi connectivity index (χ0v) is 15.1. The summed E-state index contributed by atoms with van der Waals surface area (Å²) >= 11 is 0. The predicted octanol–water partition coefficient (Wildman–Crippen LogP) is 2.47. The summed E-state index contributed by atoms with van der Waals surface area (Å²) in [6, 6.07) is 1.84. The van der Waals surface area contributed by atoms with Crippen LogP contribution in [0.1, 0.15) is 47.2 Å². The van der Waals surface area contributed by atoms with Gasteiger partial charge in [0.25, 0.3) is 0 Å². The van der Waals surface area contributed by atoms with Crippen molar-refractivity contribution in [2.45, 2.75) is 53.6 Å². The lowest BCUT2D eigenvalue weighted by Crippen LogP contribution is -2.37. The average molecular weight is 324 g/mol. The van der Waals surface area contributed by atoms with Crippen molar-refractivity contribution in [2.24, 2.45) is 12.5 Å². The Morgan fingerprint density at radius 2 is 1.83 bits per heavy atom. The maximum Gasteiger partial charge on any atom is 0.408 e. The molecule has 1 rings (SSSR count). The Hall–Kier alpha value is -2.05. The third-order valence-electron chi connectivity index (χ3n) is 2.70. The van der Waals surface area contributed by atoms with Gasteiger partial charge in [0.15, 0.2) is 0 Å². The van der Waals surface area contributed by atoms with E-state index < -0.39 is 11.7 Å². The number of aryl methyl sites for hydroxylation is 1. The molecule has 0 bridgehead atoms. The van der Waals surface area contributed by atoms with E-state index in [-0.39, 0.29) is 17.9 Å². The van der Waals surface area contributed by atoms with E-state index in [1.807, 2.05) is 6.07 Å². The highest BCUT2D eigenvalue weighted by atomic mass is 16.6. The Labute approximate surface area is 137 Å². The molecule has 0 saturated carbocycles. The van der Waals surface area contributed by atoms with Crippen LogP contribution in [0, 0.1) is 5.41 Å². The van der Waals surface area contributed by atoms with E-state index in [0.717, 1.165) is 12.1 Å². The number of carbonyl (C=O) groups excluding carboxylic acids is 2. The van der Waals surface area contributed by atoms with E-state index in [1.54, 1.807) is 32.5 Å². The highest BCUT2D eigenvalue weighted by Crippen LogP contribution is 2.21. The number of anilines is 1. The van der Waals surface area contributed by atoms with Gasteiger partial charge < -0.3 is 15.4 Å². The summed E-state index contributed by atoms with van der Waals surface area (Å²) in [5, 5.41) is 9.53. The molecule has 130 valence electrons. The summed E-state index contributed by atoms with van der Waals surface area (Å²) < 4.78 is 6.69. The molecule has 0 saturated heterocycles. The standard InChI is InChI=1S/C16H28N4O3/c1-15(2,3)9-11-8-12(20(7)19-11)18-13(21)10-17-14(22)23-16(4,5)6/h8H,9-10H2,1-7H3,(H,17,22)(H,18,21). The molecule has 2 N–H and O–H groups in total. The summed E-state index contributed by atoms with van der Waals surface area (Å²) in [5.74, 6) is 0.265. The van der Waals surface area contributed by atoms with E-state index in [1.165, 1.54) is 0 Å². The van der Waals surface area contributed by atoms with Gasteiger partial charge in [-0.2, -0.15) is 5.10 Å². The second kappa shape index (κ2) is 7.02. The number of rotatable bonds is 4. The first kappa shape index (κ1) is 19.0. The topological polar surface area (TPSA) is 85.3 Å². The molecule has 23 heavy (non-hydrogen) atoms. The van der Waals surface area contributed by atoms with Crippen molar-refractivity contribution in [3.8, 4) is 0 Å². The molecule has 1 heterocycles. The van der Waals surface area contributed by atoms with Crippen LogP contribution in [0.25, 0.3) is 0 Å². The van der Waals surface area contributed by atoms with Gasteiger partial charge in [-0.05, 0) is 32.6 Å². The first-order valence-corrected chi connectivity index (χ1v) is 7.65. The zero-order chi connectivity index (χ0) is 17.8. The number of hydrogen-bond donors (Lipinski definition) is 2. The first-order valence-electron chi connectivity index (χ1n) is 7.65. The molecule has 0 aromatic carbocycles. The molecular weight excluding hydrogens is 296 g/mol. The van der Waals surface area contributed by atoms with Crippen LogP contribution in [0.15, 0.2) is 6.07 Å². The SMILES string of the molecule is Cn1nc(CC(C)(C)C)cc1NC(=O)CNC(=O)OC(C)(C)C. The van der Waals surface area contributed by atoms with Gasteiger partial charge >= 0.3 is 6.09 Å². The Morgan fingerprint density at radius 3 is 2.35 bits per heavy atom. The molecule has 0 unspecified atom stereocenters. The van der Waals surface area contributed by atoms with Gasteiger partial charge in [0.2, 0.25) is 5.91 Å². The van der Waals surface area contributed by atoms with E-state index in [9.17, 15) is 9.59 Å². The Bertz CT molecular complexity index is 565. The molecule has 2 amide bonds. The molecule has 0 aliphatic heterocycles. The van der Waals surface area contributed by atoms with Crippen LogP contribution in [-0.4, -0.2) is 33.9 Å². The van der Waals surface area contributed by atoms with E-state index in [0.29, 0.717) is 5.82 Å². The van der Waals surface area contributed by atoms with E-state index in [2.05, 4.69) is 36.5 Å². The first-order chi connectivity index (χ1) is 10.4. The van der Waals surface area contributed by atoms with Gasteiger partial charge in [0.05, 0.1) is 5.69 Å². The quantitative estimate of drug-likeness (QED) is 0.891. The van der Waals surface area contributed by atoms with Crippen LogP contribution in [0.4, 0.5) is 10.6 Å². The minimum Gasteiger partial charge on any atom is -0.444 e. The number of amides is 2.